The largest absolute Gasteiger partial charge is 0.573 e. The van der Waals surface area contributed by atoms with E-state index in [9.17, 15) is 26.7 Å². The van der Waals surface area contributed by atoms with Crippen LogP contribution in [0.5, 0.6) is 5.75 Å². The van der Waals surface area contributed by atoms with Crippen LogP contribution < -0.4 is 14.8 Å². The van der Waals surface area contributed by atoms with Crippen LogP contribution in [0.25, 0.3) is 0 Å². The summed E-state index contributed by atoms with van der Waals surface area (Å²) < 4.78 is 67.6. The zero-order valence-corrected chi connectivity index (χ0v) is 17.3. The average Bonchev–Trinajstić information content (AvgIpc) is 2.70. The molecule has 7 nitrogen and oxygen atoms in total. The van der Waals surface area contributed by atoms with Gasteiger partial charge in [-0.25, -0.2) is 18.1 Å². The van der Waals surface area contributed by atoms with E-state index < -0.39 is 22.5 Å². The van der Waals surface area contributed by atoms with Crippen molar-refractivity contribution in [3.05, 3.63) is 48.2 Å². The number of hydrogen-bond acceptors (Lipinski definition) is 6. The molecule has 1 heterocycles. The number of hydrogen-bond donors (Lipinski definition) is 3. The first-order valence-electron chi connectivity index (χ1n) is 9.30. The van der Waals surface area contributed by atoms with E-state index >= 15 is 0 Å². The first kappa shape index (κ1) is 23.9. The molecule has 2 rings (SSSR count). The first-order chi connectivity index (χ1) is 14.0. The molecule has 30 heavy (non-hydrogen) atoms. The minimum absolute atomic E-state index is 0.0184. The summed E-state index contributed by atoms with van der Waals surface area (Å²) >= 11 is 0. The van der Waals surface area contributed by atoms with E-state index in [1.807, 2.05) is 13.8 Å². The van der Waals surface area contributed by atoms with Gasteiger partial charge in [0.05, 0.1) is 6.10 Å². The van der Waals surface area contributed by atoms with Gasteiger partial charge >= 0.3 is 6.36 Å². The second kappa shape index (κ2) is 10.1. The number of aliphatic hydroxyl groups is 1. The highest BCUT2D eigenvalue weighted by Gasteiger charge is 2.31. The van der Waals surface area contributed by atoms with Crippen LogP contribution in [0.3, 0.4) is 0 Å². The van der Waals surface area contributed by atoms with Crippen LogP contribution in [0.2, 0.25) is 0 Å². The Kier molecular flexibility index (Phi) is 8.04. The summed E-state index contributed by atoms with van der Waals surface area (Å²) in [4.78, 5) is 4.07. The molecule has 1 aromatic carbocycles. The predicted octanol–water partition coefficient (Wildman–Crippen LogP) is 3.59. The number of sulfonamides is 1. The second-order valence-corrected chi connectivity index (χ2v) is 8.24. The van der Waals surface area contributed by atoms with Crippen molar-refractivity contribution in [1.82, 2.24) is 9.71 Å². The summed E-state index contributed by atoms with van der Waals surface area (Å²) in [5.41, 5.74) is 0.380. The normalized spacial score (nSPS) is 13.3. The van der Waals surface area contributed by atoms with Gasteiger partial charge in [0, 0.05) is 18.8 Å². The van der Waals surface area contributed by atoms with Gasteiger partial charge < -0.3 is 15.2 Å². The number of nitrogens with zero attached hydrogens (tertiary/aromatic N) is 1. The Bertz CT molecular complexity index is 900. The Hall–Kier alpha value is -2.37. The van der Waals surface area contributed by atoms with E-state index in [-0.39, 0.29) is 23.2 Å². The number of pyridine rings is 1. The lowest BCUT2D eigenvalue weighted by molar-refractivity contribution is -0.274. The quantitative estimate of drug-likeness (QED) is 0.515. The zero-order valence-electron chi connectivity index (χ0n) is 16.5. The third kappa shape index (κ3) is 7.15. The molecule has 0 saturated carbocycles. The van der Waals surface area contributed by atoms with Crippen LogP contribution in [0.15, 0.2) is 47.5 Å². The Balaban J connectivity index is 1.94. The molecule has 1 atom stereocenters. The standard InChI is InChI=1S/C19H24F3N3O4S/c1-3-14(4-2)25-30(27,28)16-9-10-18(23-11-16)24-12-17(26)13-5-7-15(8-6-13)29-19(20,21)22/h5-11,14,17,25-26H,3-4,12H2,1-2H3,(H,23,24). The van der Waals surface area contributed by atoms with Gasteiger partial charge in [-0.2, -0.15) is 0 Å². The highest BCUT2D eigenvalue weighted by atomic mass is 32.2. The van der Waals surface area contributed by atoms with E-state index in [4.69, 9.17) is 0 Å². The smallest absolute Gasteiger partial charge is 0.406 e. The minimum atomic E-state index is -4.78. The molecule has 0 amide bonds. The number of aliphatic hydroxyl groups excluding tert-OH is 1. The van der Waals surface area contributed by atoms with Crippen molar-refractivity contribution in [3.8, 4) is 5.75 Å². The topological polar surface area (TPSA) is 101 Å². The fourth-order valence-corrected chi connectivity index (χ4v) is 3.94. The number of ether oxygens (including phenoxy) is 1. The van der Waals surface area contributed by atoms with Crippen molar-refractivity contribution in [2.75, 3.05) is 11.9 Å². The van der Waals surface area contributed by atoms with Crippen molar-refractivity contribution in [1.29, 1.82) is 0 Å². The molecule has 0 bridgehead atoms. The molecule has 3 N–H and O–H groups in total. The van der Waals surface area contributed by atoms with Crippen molar-refractivity contribution in [2.45, 2.75) is 50.1 Å². The summed E-state index contributed by atoms with van der Waals surface area (Å²) in [5, 5.41) is 13.0. The maximum atomic E-state index is 12.3. The van der Waals surface area contributed by atoms with Gasteiger partial charge in [-0.1, -0.05) is 26.0 Å². The highest BCUT2D eigenvalue weighted by Crippen LogP contribution is 2.24. The summed E-state index contributed by atoms with van der Waals surface area (Å²) in [6.45, 7) is 3.80. The monoisotopic (exact) mass is 447 g/mol. The molecule has 0 spiro atoms. The maximum Gasteiger partial charge on any atom is 0.573 e. The molecular formula is C19H24F3N3O4S. The van der Waals surface area contributed by atoms with Gasteiger partial charge in [0.1, 0.15) is 16.5 Å². The number of alkyl halides is 3. The van der Waals surface area contributed by atoms with Gasteiger partial charge in [-0.15, -0.1) is 13.2 Å². The van der Waals surface area contributed by atoms with Gasteiger partial charge in [-0.05, 0) is 42.7 Å². The van der Waals surface area contributed by atoms with E-state index in [1.165, 1.54) is 30.5 Å². The maximum absolute atomic E-state index is 12.3. The molecule has 0 radical (unpaired) electrons. The molecule has 2 aromatic rings. The van der Waals surface area contributed by atoms with Gasteiger partial charge in [-0.3, -0.25) is 0 Å². The molecule has 0 fully saturated rings. The van der Waals surface area contributed by atoms with Crippen LogP contribution in [-0.2, 0) is 10.0 Å². The molecule has 0 aliphatic rings. The fourth-order valence-electron chi connectivity index (χ4n) is 2.60. The number of halogens is 3. The Labute approximate surface area is 173 Å². The number of nitrogens with one attached hydrogen (secondary N) is 2. The van der Waals surface area contributed by atoms with E-state index in [1.54, 1.807) is 0 Å². The molecule has 166 valence electrons. The molecule has 1 aromatic heterocycles. The SMILES string of the molecule is CCC(CC)NS(=O)(=O)c1ccc(NCC(O)c2ccc(OC(F)(F)F)cc2)nc1. The summed E-state index contributed by atoms with van der Waals surface area (Å²) in [7, 11) is -3.67. The molecule has 0 aliphatic heterocycles. The second-order valence-electron chi connectivity index (χ2n) is 6.53. The predicted molar refractivity (Wildman–Crippen MR) is 106 cm³/mol. The third-order valence-corrected chi connectivity index (χ3v) is 5.83. The molecular weight excluding hydrogens is 423 g/mol. The van der Waals surface area contributed by atoms with Gasteiger partial charge in [0.15, 0.2) is 0 Å². The van der Waals surface area contributed by atoms with Crippen LogP contribution >= 0.6 is 0 Å². The summed E-state index contributed by atoms with van der Waals surface area (Å²) in [5.74, 6) is -0.0422. The molecule has 0 aliphatic carbocycles. The van der Waals surface area contributed by atoms with E-state index in [0.717, 1.165) is 12.1 Å². The Morgan fingerprint density at radius 3 is 2.23 bits per heavy atom. The van der Waals surface area contributed by atoms with E-state index in [2.05, 4.69) is 19.8 Å². The van der Waals surface area contributed by atoms with Crippen molar-refractivity contribution >= 4 is 15.8 Å². The summed E-state index contributed by atoms with van der Waals surface area (Å²) in [6.07, 6.45) is -3.25. The number of rotatable bonds is 10. The summed E-state index contributed by atoms with van der Waals surface area (Å²) in [6, 6.07) is 7.56. The lowest BCUT2D eigenvalue weighted by Gasteiger charge is -2.16. The van der Waals surface area contributed by atoms with Gasteiger partial charge in [0.2, 0.25) is 10.0 Å². The number of aromatic nitrogens is 1. The molecule has 11 heteroatoms. The Morgan fingerprint density at radius 1 is 1.10 bits per heavy atom. The van der Waals surface area contributed by atoms with Crippen molar-refractivity contribution < 1.29 is 31.4 Å². The van der Waals surface area contributed by atoms with Gasteiger partial charge in [0.25, 0.3) is 0 Å². The first-order valence-corrected chi connectivity index (χ1v) is 10.8. The van der Waals surface area contributed by atoms with E-state index in [0.29, 0.717) is 24.2 Å². The van der Waals surface area contributed by atoms with Crippen molar-refractivity contribution in [2.24, 2.45) is 0 Å². The lowest BCUT2D eigenvalue weighted by Crippen LogP contribution is -2.33. The average molecular weight is 447 g/mol. The van der Waals surface area contributed by atoms with Crippen LogP contribution in [0, 0.1) is 0 Å². The van der Waals surface area contributed by atoms with Crippen LogP contribution in [0.1, 0.15) is 38.4 Å². The molecule has 0 saturated heterocycles. The third-order valence-electron chi connectivity index (χ3n) is 4.33. The fraction of sp³-hybridized carbons (Fsp3) is 0.421. The number of anilines is 1. The Morgan fingerprint density at radius 2 is 1.73 bits per heavy atom. The highest BCUT2D eigenvalue weighted by molar-refractivity contribution is 7.89. The lowest BCUT2D eigenvalue weighted by atomic mass is 10.1. The van der Waals surface area contributed by atoms with Crippen LogP contribution in [0.4, 0.5) is 19.0 Å². The minimum Gasteiger partial charge on any atom is -0.406 e. The zero-order chi connectivity index (χ0) is 22.4. The molecule has 1 unspecified atom stereocenters. The van der Waals surface area contributed by atoms with Crippen molar-refractivity contribution in [3.63, 3.8) is 0 Å². The number of benzene rings is 1. The van der Waals surface area contributed by atoms with Crippen LogP contribution in [-0.4, -0.2) is 37.5 Å².